The molecule has 0 spiro atoms. The number of hydrogen-bond donors (Lipinski definition) is 2. The topological polar surface area (TPSA) is 66.8 Å². The minimum Gasteiger partial charge on any atom is -0.479 e. The number of aliphatic hydroxyl groups is 1. The molecule has 96 valence electrons. The summed E-state index contributed by atoms with van der Waals surface area (Å²) in [4.78, 5) is 11.0. The number of carbonyl (C=O) groups is 1. The van der Waals surface area contributed by atoms with Crippen LogP contribution in [-0.2, 0) is 9.53 Å². The second-order valence-electron chi connectivity index (χ2n) is 4.27. The Morgan fingerprint density at radius 1 is 1.25 bits per heavy atom. The summed E-state index contributed by atoms with van der Waals surface area (Å²) in [5.41, 5.74) is -1.14. The maximum absolute atomic E-state index is 11.0. The lowest BCUT2D eigenvalue weighted by Crippen LogP contribution is -2.39. The van der Waals surface area contributed by atoms with Gasteiger partial charge in [0.1, 0.15) is 0 Å². The molecule has 0 radical (unpaired) electrons. The quantitative estimate of drug-likeness (QED) is 0.567. The Labute approximate surface area is 97.6 Å². The van der Waals surface area contributed by atoms with Crippen LogP contribution in [0.3, 0.4) is 0 Å². The van der Waals surface area contributed by atoms with Crippen LogP contribution < -0.4 is 0 Å². The van der Waals surface area contributed by atoms with E-state index in [4.69, 9.17) is 14.9 Å². The predicted molar refractivity (Wildman–Crippen MR) is 62.5 cm³/mol. The molecular formula is C12H24O4. The zero-order valence-electron chi connectivity index (χ0n) is 10.4. The smallest absolute Gasteiger partial charge is 0.335 e. The average molecular weight is 232 g/mol. The molecule has 1 unspecified atom stereocenters. The van der Waals surface area contributed by atoms with Crippen LogP contribution in [0.2, 0.25) is 0 Å². The Morgan fingerprint density at radius 2 is 1.88 bits per heavy atom. The molecule has 0 aromatic rings. The molecule has 0 fully saturated rings. The van der Waals surface area contributed by atoms with Gasteiger partial charge in [-0.15, -0.1) is 0 Å². The van der Waals surface area contributed by atoms with Crippen LogP contribution in [0.4, 0.5) is 0 Å². The number of carboxylic acids is 1. The molecule has 2 N–H and O–H groups in total. The normalized spacial score (nSPS) is 14.7. The molecule has 0 rings (SSSR count). The highest BCUT2D eigenvalue weighted by molar-refractivity contribution is 5.76. The van der Waals surface area contributed by atoms with Crippen LogP contribution in [0.15, 0.2) is 0 Å². The van der Waals surface area contributed by atoms with Gasteiger partial charge in [-0.1, -0.05) is 32.6 Å². The van der Waals surface area contributed by atoms with Gasteiger partial charge in [0.25, 0.3) is 0 Å². The van der Waals surface area contributed by atoms with E-state index in [1.807, 2.05) is 0 Å². The number of aliphatic carboxylic acids is 1. The van der Waals surface area contributed by atoms with Gasteiger partial charge in [0.05, 0.1) is 13.2 Å². The van der Waals surface area contributed by atoms with Gasteiger partial charge < -0.3 is 14.9 Å². The molecule has 4 heteroatoms. The summed E-state index contributed by atoms with van der Waals surface area (Å²) < 4.78 is 5.20. The second-order valence-corrected chi connectivity index (χ2v) is 4.27. The van der Waals surface area contributed by atoms with Crippen molar-refractivity contribution >= 4 is 5.97 Å². The third-order valence-corrected chi connectivity index (χ3v) is 2.72. The average Bonchev–Trinajstić information content (AvgIpc) is 2.26. The Kier molecular flexibility index (Phi) is 8.21. The third kappa shape index (κ3) is 6.08. The van der Waals surface area contributed by atoms with E-state index in [2.05, 4.69) is 6.92 Å². The Hall–Kier alpha value is -0.610. The zero-order valence-corrected chi connectivity index (χ0v) is 10.4. The minimum atomic E-state index is -1.14. The Balaban J connectivity index is 3.88. The van der Waals surface area contributed by atoms with Crippen molar-refractivity contribution in [1.82, 2.24) is 0 Å². The Morgan fingerprint density at radius 3 is 2.38 bits per heavy atom. The van der Waals surface area contributed by atoms with Crippen LogP contribution in [-0.4, -0.2) is 35.0 Å². The van der Waals surface area contributed by atoms with E-state index in [0.29, 0.717) is 6.42 Å². The van der Waals surface area contributed by atoms with Crippen LogP contribution in [0.5, 0.6) is 0 Å². The summed E-state index contributed by atoms with van der Waals surface area (Å²) in [5.74, 6) is -0.948. The van der Waals surface area contributed by atoms with Crippen molar-refractivity contribution in [2.24, 2.45) is 0 Å². The van der Waals surface area contributed by atoms with E-state index in [1.54, 1.807) is 6.92 Å². The molecule has 0 aromatic carbocycles. The van der Waals surface area contributed by atoms with Crippen LogP contribution >= 0.6 is 0 Å². The van der Waals surface area contributed by atoms with Gasteiger partial charge in [-0.3, -0.25) is 0 Å². The first-order valence-electron chi connectivity index (χ1n) is 6.05. The van der Waals surface area contributed by atoms with Gasteiger partial charge in [-0.2, -0.15) is 0 Å². The maximum Gasteiger partial charge on any atom is 0.335 e. The fraction of sp³-hybridized carbons (Fsp3) is 0.917. The summed E-state index contributed by atoms with van der Waals surface area (Å²) in [7, 11) is 0. The van der Waals surface area contributed by atoms with E-state index < -0.39 is 11.6 Å². The lowest BCUT2D eigenvalue weighted by molar-refractivity contribution is -0.165. The summed E-state index contributed by atoms with van der Waals surface area (Å²) in [6.07, 6.45) is 5.92. The number of unbranched alkanes of at least 4 members (excludes halogenated alkanes) is 4. The van der Waals surface area contributed by atoms with Crippen molar-refractivity contribution in [2.75, 3.05) is 13.2 Å². The molecule has 0 saturated carbocycles. The molecule has 0 aromatic heterocycles. The summed E-state index contributed by atoms with van der Waals surface area (Å²) in [6.45, 7) is 3.66. The van der Waals surface area contributed by atoms with Crippen LogP contribution in [0.1, 0.15) is 52.4 Å². The van der Waals surface area contributed by atoms with Gasteiger partial charge >= 0.3 is 5.97 Å². The van der Waals surface area contributed by atoms with E-state index >= 15 is 0 Å². The summed E-state index contributed by atoms with van der Waals surface area (Å²) in [5, 5.41) is 17.7. The van der Waals surface area contributed by atoms with Crippen molar-refractivity contribution < 1.29 is 19.7 Å². The molecule has 0 aliphatic heterocycles. The Bertz CT molecular complexity index is 193. The fourth-order valence-electron chi connectivity index (χ4n) is 1.58. The zero-order chi connectivity index (χ0) is 12.4. The third-order valence-electron chi connectivity index (χ3n) is 2.72. The van der Waals surface area contributed by atoms with E-state index in [-0.39, 0.29) is 13.2 Å². The first-order chi connectivity index (χ1) is 7.56. The predicted octanol–water partition coefficient (Wildman–Crippen LogP) is 2.20. The van der Waals surface area contributed by atoms with Crippen LogP contribution in [0, 0.1) is 0 Å². The summed E-state index contributed by atoms with van der Waals surface area (Å²) in [6, 6.07) is 0. The number of hydrogen-bond acceptors (Lipinski definition) is 3. The SMILES string of the molecule is CCCCCCCC(C)(OCCO)C(=O)O. The molecule has 4 nitrogen and oxygen atoms in total. The second kappa shape index (κ2) is 8.53. The fourth-order valence-corrected chi connectivity index (χ4v) is 1.58. The number of ether oxygens (including phenoxy) is 1. The molecule has 0 bridgehead atoms. The summed E-state index contributed by atoms with van der Waals surface area (Å²) >= 11 is 0. The van der Waals surface area contributed by atoms with E-state index in [1.165, 1.54) is 12.8 Å². The first kappa shape index (κ1) is 15.4. The molecule has 0 aliphatic rings. The monoisotopic (exact) mass is 232 g/mol. The largest absolute Gasteiger partial charge is 0.479 e. The van der Waals surface area contributed by atoms with Gasteiger partial charge in [0.2, 0.25) is 0 Å². The van der Waals surface area contributed by atoms with Crippen LogP contribution in [0.25, 0.3) is 0 Å². The number of carboxylic acid groups (broad SMARTS) is 1. The van der Waals surface area contributed by atoms with Gasteiger partial charge in [-0.25, -0.2) is 4.79 Å². The van der Waals surface area contributed by atoms with Crippen molar-refractivity contribution in [3.63, 3.8) is 0 Å². The van der Waals surface area contributed by atoms with E-state index in [0.717, 1.165) is 19.3 Å². The molecule has 0 heterocycles. The van der Waals surface area contributed by atoms with Gasteiger partial charge in [0.15, 0.2) is 5.60 Å². The number of rotatable bonds is 10. The van der Waals surface area contributed by atoms with E-state index in [9.17, 15) is 4.79 Å². The van der Waals surface area contributed by atoms with Gasteiger partial charge in [-0.05, 0) is 19.8 Å². The molecule has 0 saturated heterocycles. The first-order valence-corrected chi connectivity index (χ1v) is 6.05. The molecular weight excluding hydrogens is 208 g/mol. The number of aliphatic hydroxyl groups excluding tert-OH is 1. The van der Waals surface area contributed by atoms with Crippen molar-refractivity contribution in [3.8, 4) is 0 Å². The molecule has 0 amide bonds. The lowest BCUT2D eigenvalue weighted by Gasteiger charge is -2.24. The molecule has 0 aliphatic carbocycles. The van der Waals surface area contributed by atoms with Crippen molar-refractivity contribution in [2.45, 2.75) is 58.0 Å². The molecule has 16 heavy (non-hydrogen) atoms. The highest BCUT2D eigenvalue weighted by atomic mass is 16.5. The highest BCUT2D eigenvalue weighted by Crippen LogP contribution is 2.20. The maximum atomic E-state index is 11.0. The van der Waals surface area contributed by atoms with Crippen molar-refractivity contribution in [3.05, 3.63) is 0 Å². The van der Waals surface area contributed by atoms with Crippen molar-refractivity contribution in [1.29, 1.82) is 0 Å². The lowest BCUT2D eigenvalue weighted by atomic mass is 9.97. The standard InChI is InChI=1S/C12H24O4/c1-3-4-5-6-7-8-12(2,11(14)15)16-10-9-13/h13H,3-10H2,1-2H3,(H,14,15). The minimum absolute atomic E-state index is 0.0811. The van der Waals surface area contributed by atoms with Gasteiger partial charge in [0, 0.05) is 0 Å². The molecule has 1 atom stereocenters. The highest BCUT2D eigenvalue weighted by Gasteiger charge is 2.33.